The molecule has 1 N–H and O–H groups in total. The molecule has 0 aromatic heterocycles. The molecule has 7 nitrogen and oxygen atoms in total. The van der Waals surface area contributed by atoms with Gasteiger partial charge in [0.2, 0.25) is 5.91 Å². The van der Waals surface area contributed by atoms with E-state index in [0.717, 1.165) is 5.69 Å². The summed E-state index contributed by atoms with van der Waals surface area (Å²) in [5.41, 5.74) is 1.99. The highest BCUT2D eigenvalue weighted by Gasteiger charge is 2.49. The third-order valence-corrected chi connectivity index (χ3v) is 8.12. The molecule has 0 aliphatic carbocycles. The molecule has 2 fully saturated rings. The SMILES string of the molecule is CC(C)c1ccc(N2C(=NC(=O)CCCC(=O)O)SC3CS(=O)(=O)CC32)cc1. The number of fused-ring (bicyclic) bond motifs is 1. The van der Waals surface area contributed by atoms with E-state index in [1.807, 2.05) is 29.2 Å². The number of anilines is 1. The zero-order valence-corrected chi connectivity index (χ0v) is 17.5. The number of sulfone groups is 1. The molecule has 2 atom stereocenters. The minimum atomic E-state index is -3.11. The molecule has 2 aliphatic rings. The number of benzene rings is 1. The summed E-state index contributed by atoms with van der Waals surface area (Å²) in [6, 6.07) is 7.65. The fourth-order valence-corrected chi connectivity index (χ4v) is 7.37. The number of hydrogen-bond acceptors (Lipinski definition) is 5. The molecule has 0 saturated carbocycles. The van der Waals surface area contributed by atoms with Gasteiger partial charge >= 0.3 is 5.97 Å². The van der Waals surface area contributed by atoms with Gasteiger partial charge in [-0.05, 0) is 30.0 Å². The van der Waals surface area contributed by atoms with Crippen molar-refractivity contribution in [1.82, 2.24) is 0 Å². The Morgan fingerprint density at radius 1 is 1.21 bits per heavy atom. The second kappa shape index (κ2) is 8.24. The van der Waals surface area contributed by atoms with E-state index in [-0.39, 0.29) is 48.0 Å². The highest BCUT2D eigenvalue weighted by molar-refractivity contribution is 8.16. The Labute approximate surface area is 169 Å². The van der Waals surface area contributed by atoms with E-state index >= 15 is 0 Å². The van der Waals surface area contributed by atoms with Crippen LogP contribution in [0, 0.1) is 0 Å². The molecule has 28 heavy (non-hydrogen) atoms. The number of carbonyl (C=O) groups excluding carboxylic acids is 1. The lowest BCUT2D eigenvalue weighted by Crippen LogP contribution is -2.37. The highest BCUT2D eigenvalue weighted by atomic mass is 32.2. The monoisotopic (exact) mass is 424 g/mol. The molecule has 1 aromatic rings. The number of nitrogens with zero attached hydrogens (tertiary/aromatic N) is 2. The molecule has 0 spiro atoms. The Bertz CT molecular complexity index is 893. The van der Waals surface area contributed by atoms with E-state index in [2.05, 4.69) is 18.8 Å². The van der Waals surface area contributed by atoms with Gasteiger partial charge in [0.05, 0.1) is 17.5 Å². The number of amidine groups is 1. The molecule has 9 heteroatoms. The highest BCUT2D eigenvalue weighted by Crippen LogP contribution is 2.41. The van der Waals surface area contributed by atoms with Crippen LogP contribution < -0.4 is 4.90 Å². The molecule has 1 amide bonds. The van der Waals surface area contributed by atoms with Crippen molar-refractivity contribution in [2.75, 3.05) is 16.4 Å². The molecule has 1 aromatic carbocycles. The van der Waals surface area contributed by atoms with Gasteiger partial charge in [0.25, 0.3) is 0 Å². The van der Waals surface area contributed by atoms with Gasteiger partial charge in [-0.3, -0.25) is 9.59 Å². The van der Waals surface area contributed by atoms with Crippen molar-refractivity contribution in [3.8, 4) is 0 Å². The topological polar surface area (TPSA) is 104 Å². The molecule has 2 heterocycles. The molecule has 0 bridgehead atoms. The summed E-state index contributed by atoms with van der Waals surface area (Å²) in [5, 5.41) is 9.05. The Morgan fingerprint density at radius 3 is 2.50 bits per heavy atom. The number of thioether (sulfide) groups is 1. The second-order valence-electron chi connectivity index (χ2n) is 7.45. The van der Waals surface area contributed by atoms with Crippen molar-refractivity contribution in [3.63, 3.8) is 0 Å². The first-order valence-electron chi connectivity index (χ1n) is 9.26. The van der Waals surface area contributed by atoms with E-state index < -0.39 is 15.8 Å². The number of amides is 1. The lowest BCUT2D eigenvalue weighted by Gasteiger charge is -2.25. The maximum Gasteiger partial charge on any atom is 0.303 e. The zero-order chi connectivity index (χ0) is 20.5. The number of hydrogen-bond donors (Lipinski definition) is 1. The van der Waals surface area contributed by atoms with Gasteiger partial charge in [0, 0.05) is 23.8 Å². The Morgan fingerprint density at radius 2 is 1.89 bits per heavy atom. The molecular formula is C19H24N2O5S2. The van der Waals surface area contributed by atoms with Crippen LogP contribution in [0.1, 0.15) is 44.6 Å². The van der Waals surface area contributed by atoms with Gasteiger partial charge in [-0.1, -0.05) is 37.7 Å². The minimum absolute atomic E-state index is 0.0445. The summed E-state index contributed by atoms with van der Waals surface area (Å²) >= 11 is 1.32. The lowest BCUT2D eigenvalue weighted by molar-refractivity contribution is -0.137. The van der Waals surface area contributed by atoms with Crippen LogP contribution in [-0.2, 0) is 19.4 Å². The van der Waals surface area contributed by atoms with E-state index in [1.54, 1.807) is 0 Å². The van der Waals surface area contributed by atoms with Gasteiger partial charge in [-0.2, -0.15) is 4.99 Å². The quantitative estimate of drug-likeness (QED) is 0.748. The van der Waals surface area contributed by atoms with Gasteiger partial charge < -0.3 is 10.0 Å². The van der Waals surface area contributed by atoms with Crippen LogP contribution >= 0.6 is 11.8 Å². The Kier molecular flexibility index (Phi) is 6.14. The minimum Gasteiger partial charge on any atom is -0.481 e. The normalized spacial score (nSPS) is 24.7. The standard InChI is InChI=1S/C19H24N2O5S2/c1-12(2)13-6-8-14(9-7-13)21-15-10-28(25,26)11-16(15)27-19(21)20-17(22)4-3-5-18(23)24/h6-9,12,15-16H,3-5,10-11H2,1-2H3,(H,23,24). The molecule has 0 radical (unpaired) electrons. The fourth-order valence-electron chi connectivity index (χ4n) is 3.44. The van der Waals surface area contributed by atoms with E-state index in [1.165, 1.54) is 17.3 Å². The maximum atomic E-state index is 12.2. The zero-order valence-electron chi connectivity index (χ0n) is 15.9. The van der Waals surface area contributed by atoms with Gasteiger partial charge in [-0.25, -0.2) is 8.42 Å². The van der Waals surface area contributed by atoms with Gasteiger partial charge in [0.1, 0.15) is 0 Å². The number of rotatable bonds is 6. The van der Waals surface area contributed by atoms with Crippen LogP contribution in [0.2, 0.25) is 0 Å². The summed E-state index contributed by atoms with van der Waals surface area (Å²) in [7, 11) is -3.11. The van der Waals surface area contributed by atoms with Crippen LogP contribution in [0.25, 0.3) is 0 Å². The molecule has 2 saturated heterocycles. The maximum absolute atomic E-state index is 12.2. The molecular weight excluding hydrogens is 400 g/mol. The van der Waals surface area contributed by atoms with Crippen molar-refractivity contribution in [2.24, 2.45) is 4.99 Å². The van der Waals surface area contributed by atoms with Crippen LogP contribution in [-0.4, -0.2) is 53.4 Å². The number of aliphatic carboxylic acids is 1. The first-order chi connectivity index (χ1) is 13.2. The predicted octanol–water partition coefficient (Wildman–Crippen LogP) is 2.67. The molecule has 2 unspecified atom stereocenters. The van der Waals surface area contributed by atoms with Crippen molar-refractivity contribution >= 4 is 44.3 Å². The smallest absolute Gasteiger partial charge is 0.303 e. The van der Waals surface area contributed by atoms with Crippen LogP contribution in [0.4, 0.5) is 5.69 Å². The van der Waals surface area contributed by atoms with E-state index in [0.29, 0.717) is 11.1 Å². The number of carbonyl (C=O) groups is 2. The summed E-state index contributed by atoms with van der Waals surface area (Å²) in [6.45, 7) is 4.20. The first-order valence-corrected chi connectivity index (χ1v) is 12.0. The van der Waals surface area contributed by atoms with Crippen molar-refractivity contribution in [1.29, 1.82) is 0 Å². The predicted molar refractivity (Wildman–Crippen MR) is 111 cm³/mol. The first kappa shape index (κ1) is 20.9. The van der Waals surface area contributed by atoms with E-state index in [4.69, 9.17) is 5.11 Å². The van der Waals surface area contributed by atoms with Crippen LogP contribution in [0.3, 0.4) is 0 Å². The summed E-state index contributed by atoms with van der Waals surface area (Å²) in [5.74, 6) is -0.818. The Hall–Kier alpha value is -1.87. The van der Waals surface area contributed by atoms with Crippen LogP contribution in [0.5, 0.6) is 0 Å². The number of carboxylic acids is 1. The summed E-state index contributed by atoms with van der Waals surface area (Å²) < 4.78 is 24.2. The average Bonchev–Trinajstić information content (AvgIpc) is 3.05. The van der Waals surface area contributed by atoms with Crippen molar-refractivity contribution < 1.29 is 23.1 Å². The van der Waals surface area contributed by atoms with Crippen molar-refractivity contribution in [3.05, 3.63) is 29.8 Å². The largest absolute Gasteiger partial charge is 0.481 e. The van der Waals surface area contributed by atoms with E-state index in [9.17, 15) is 18.0 Å². The second-order valence-corrected chi connectivity index (χ2v) is 10.8. The average molecular weight is 425 g/mol. The summed E-state index contributed by atoms with van der Waals surface area (Å²) in [4.78, 5) is 28.9. The Balaban J connectivity index is 1.85. The fraction of sp³-hybridized carbons (Fsp3) is 0.526. The number of carboxylic acid groups (broad SMARTS) is 1. The summed E-state index contributed by atoms with van der Waals surface area (Å²) in [6.07, 6.45) is 0.220. The van der Waals surface area contributed by atoms with Crippen molar-refractivity contribution in [2.45, 2.75) is 50.3 Å². The molecule has 3 rings (SSSR count). The molecule has 152 valence electrons. The third kappa shape index (κ3) is 4.75. The third-order valence-electron chi connectivity index (χ3n) is 4.91. The van der Waals surface area contributed by atoms with Gasteiger partial charge in [-0.15, -0.1) is 0 Å². The van der Waals surface area contributed by atoms with Crippen LogP contribution in [0.15, 0.2) is 29.3 Å². The number of aliphatic imine (C=N–C) groups is 1. The lowest BCUT2D eigenvalue weighted by atomic mass is 10.0. The van der Waals surface area contributed by atoms with Gasteiger partial charge in [0.15, 0.2) is 15.0 Å². The molecule has 2 aliphatic heterocycles.